The number of esters is 1. The van der Waals surface area contributed by atoms with Gasteiger partial charge in [-0.15, -0.1) is 0 Å². The van der Waals surface area contributed by atoms with Crippen LogP contribution in [0.1, 0.15) is 24.0 Å². The molecule has 33 heavy (non-hydrogen) atoms. The maximum Gasteiger partial charge on any atom is 0.311 e. The quantitative estimate of drug-likeness (QED) is 0.235. The van der Waals surface area contributed by atoms with E-state index in [9.17, 15) is 9.18 Å². The Morgan fingerprint density at radius 3 is 2.67 bits per heavy atom. The molecule has 164 valence electrons. The summed E-state index contributed by atoms with van der Waals surface area (Å²) in [7, 11) is 0. The van der Waals surface area contributed by atoms with E-state index >= 15 is 0 Å². The number of rotatable bonds is 6. The smallest absolute Gasteiger partial charge is 0.311 e. The number of nitrogens with zero attached hydrogens (tertiary/aromatic N) is 1. The molecule has 2 aromatic heterocycles. The van der Waals surface area contributed by atoms with Gasteiger partial charge < -0.3 is 9.72 Å². The van der Waals surface area contributed by atoms with Gasteiger partial charge in [0.15, 0.2) is 0 Å². The summed E-state index contributed by atoms with van der Waals surface area (Å²) < 4.78 is 19.5. The van der Waals surface area contributed by atoms with Gasteiger partial charge in [-0.3, -0.25) is 4.79 Å². The number of nitrogens with one attached hydrogen (secondary N) is 1. The number of para-hydroxylation sites is 1. The SMILES string of the molecule is Cc1ccc(OC(=O)CCCc2c(-c3ccc4ccccc4n3)[nH]c3ccc(F)cc23)cc1. The van der Waals surface area contributed by atoms with Crippen LogP contribution < -0.4 is 4.74 Å². The van der Waals surface area contributed by atoms with E-state index in [4.69, 9.17) is 9.72 Å². The molecule has 0 atom stereocenters. The fourth-order valence-electron chi connectivity index (χ4n) is 4.10. The molecule has 0 aliphatic carbocycles. The minimum absolute atomic E-state index is 0.264. The van der Waals surface area contributed by atoms with Crippen molar-refractivity contribution in [3.8, 4) is 17.1 Å². The largest absolute Gasteiger partial charge is 0.427 e. The van der Waals surface area contributed by atoms with Gasteiger partial charge >= 0.3 is 5.97 Å². The van der Waals surface area contributed by atoms with Crippen molar-refractivity contribution >= 4 is 27.8 Å². The molecule has 1 N–H and O–H groups in total. The molecule has 0 saturated heterocycles. The predicted octanol–water partition coefficient (Wildman–Crippen LogP) is 6.76. The summed E-state index contributed by atoms with van der Waals surface area (Å²) in [6.45, 7) is 1.98. The van der Waals surface area contributed by atoms with E-state index in [1.165, 1.54) is 12.1 Å². The van der Waals surface area contributed by atoms with Crippen LogP contribution in [0.25, 0.3) is 33.2 Å². The number of halogens is 1. The zero-order valence-electron chi connectivity index (χ0n) is 18.3. The number of carbonyl (C=O) groups excluding carboxylic acids is 1. The topological polar surface area (TPSA) is 55.0 Å². The highest BCUT2D eigenvalue weighted by Gasteiger charge is 2.16. The van der Waals surface area contributed by atoms with E-state index in [1.807, 2.05) is 55.5 Å². The van der Waals surface area contributed by atoms with Crippen molar-refractivity contribution < 1.29 is 13.9 Å². The highest BCUT2D eigenvalue weighted by molar-refractivity contribution is 5.91. The first-order valence-electron chi connectivity index (χ1n) is 11.0. The van der Waals surface area contributed by atoms with Crippen molar-refractivity contribution in [3.05, 3.63) is 95.8 Å². The zero-order chi connectivity index (χ0) is 22.8. The molecule has 5 aromatic rings. The molecule has 0 amide bonds. The van der Waals surface area contributed by atoms with Gasteiger partial charge in [-0.2, -0.15) is 0 Å². The van der Waals surface area contributed by atoms with Gasteiger partial charge in [0, 0.05) is 22.7 Å². The van der Waals surface area contributed by atoms with Crippen LogP contribution in [0.15, 0.2) is 78.9 Å². The first-order valence-corrected chi connectivity index (χ1v) is 11.0. The highest BCUT2D eigenvalue weighted by atomic mass is 19.1. The molecular formula is C28H23FN2O2. The van der Waals surface area contributed by atoms with Crippen LogP contribution in [0, 0.1) is 12.7 Å². The van der Waals surface area contributed by atoms with Gasteiger partial charge in [0.2, 0.25) is 0 Å². The van der Waals surface area contributed by atoms with E-state index in [0.717, 1.165) is 44.3 Å². The number of fused-ring (bicyclic) bond motifs is 2. The average Bonchev–Trinajstić information content (AvgIpc) is 3.18. The summed E-state index contributed by atoms with van der Waals surface area (Å²) in [4.78, 5) is 20.6. The molecule has 0 bridgehead atoms. The first-order chi connectivity index (χ1) is 16.1. The zero-order valence-corrected chi connectivity index (χ0v) is 18.3. The van der Waals surface area contributed by atoms with Gasteiger partial charge in [0.05, 0.1) is 16.9 Å². The Kier molecular flexibility index (Phi) is 5.61. The number of aromatic nitrogens is 2. The standard InChI is InChI=1S/C28H23FN2O2/c1-18-9-13-21(14-10-18)33-27(32)8-4-6-22-23-17-20(29)12-16-25(23)31-28(22)26-15-11-19-5-2-3-7-24(19)30-26/h2-3,5,7,9-17,31H,4,6,8H2,1H3. The number of benzene rings is 3. The fraction of sp³-hybridized carbons (Fsp3) is 0.143. The molecule has 5 rings (SSSR count). The highest BCUT2D eigenvalue weighted by Crippen LogP contribution is 2.32. The Morgan fingerprint density at radius 1 is 1.00 bits per heavy atom. The lowest BCUT2D eigenvalue weighted by atomic mass is 10.0. The Morgan fingerprint density at radius 2 is 1.82 bits per heavy atom. The normalized spacial score (nSPS) is 11.2. The van der Waals surface area contributed by atoms with Gasteiger partial charge in [-0.05, 0) is 67.8 Å². The molecule has 0 spiro atoms. The molecule has 4 nitrogen and oxygen atoms in total. The lowest BCUT2D eigenvalue weighted by Crippen LogP contribution is -2.08. The number of ether oxygens (including phenoxy) is 1. The van der Waals surface area contributed by atoms with Crippen molar-refractivity contribution in [3.63, 3.8) is 0 Å². The van der Waals surface area contributed by atoms with Crippen molar-refractivity contribution in [1.82, 2.24) is 9.97 Å². The minimum Gasteiger partial charge on any atom is -0.427 e. The lowest BCUT2D eigenvalue weighted by Gasteiger charge is -2.07. The molecule has 0 aliphatic rings. The van der Waals surface area contributed by atoms with Crippen molar-refractivity contribution in [2.75, 3.05) is 0 Å². The van der Waals surface area contributed by atoms with Gasteiger partial charge in [0.25, 0.3) is 0 Å². The third kappa shape index (κ3) is 4.48. The van der Waals surface area contributed by atoms with Crippen LogP contribution in [0.2, 0.25) is 0 Å². The van der Waals surface area contributed by atoms with Crippen LogP contribution in [0.5, 0.6) is 5.75 Å². The van der Waals surface area contributed by atoms with E-state index in [1.54, 1.807) is 18.2 Å². The minimum atomic E-state index is -0.292. The van der Waals surface area contributed by atoms with Crippen molar-refractivity contribution in [2.24, 2.45) is 0 Å². The van der Waals surface area contributed by atoms with Crippen molar-refractivity contribution in [1.29, 1.82) is 0 Å². The number of pyridine rings is 1. The number of carbonyl (C=O) groups is 1. The van der Waals surface area contributed by atoms with E-state index in [0.29, 0.717) is 18.6 Å². The Bertz CT molecular complexity index is 1450. The van der Waals surface area contributed by atoms with Crippen LogP contribution in [0.3, 0.4) is 0 Å². The number of hydrogen-bond acceptors (Lipinski definition) is 3. The summed E-state index contributed by atoms with van der Waals surface area (Å²) in [5.74, 6) is -0.0318. The molecule has 0 unspecified atom stereocenters. The second kappa shape index (κ2) is 8.87. The maximum atomic E-state index is 14.1. The number of H-pyrrole nitrogens is 1. The maximum absolute atomic E-state index is 14.1. The number of aryl methyl sites for hydroxylation is 2. The average molecular weight is 439 g/mol. The molecule has 3 aromatic carbocycles. The summed E-state index contributed by atoms with van der Waals surface area (Å²) >= 11 is 0. The molecular weight excluding hydrogens is 415 g/mol. The van der Waals surface area contributed by atoms with Crippen LogP contribution in [-0.4, -0.2) is 15.9 Å². The van der Waals surface area contributed by atoms with E-state index in [-0.39, 0.29) is 18.2 Å². The third-order valence-electron chi connectivity index (χ3n) is 5.78. The second-order valence-corrected chi connectivity index (χ2v) is 8.20. The molecule has 5 heteroatoms. The van der Waals surface area contributed by atoms with E-state index in [2.05, 4.69) is 4.98 Å². The Balaban J connectivity index is 1.40. The third-order valence-corrected chi connectivity index (χ3v) is 5.78. The summed E-state index contributed by atoms with van der Waals surface area (Å²) in [6.07, 6.45) is 1.44. The lowest BCUT2D eigenvalue weighted by molar-refractivity contribution is -0.134. The predicted molar refractivity (Wildman–Crippen MR) is 129 cm³/mol. The van der Waals surface area contributed by atoms with Crippen molar-refractivity contribution in [2.45, 2.75) is 26.2 Å². The second-order valence-electron chi connectivity index (χ2n) is 8.20. The summed E-state index contributed by atoms with van der Waals surface area (Å²) in [5, 5.41) is 1.87. The van der Waals surface area contributed by atoms with Crippen LogP contribution in [0.4, 0.5) is 4.39 Å². The Hall–Kier alpha value is -3.99. The van der Waals surface area contributed by atoms with Gasteiger partial charge in [-0.1, -0.05) is 42.0 Å². The number of aromatic amines is 1. The fourth-order valence-corrected chi connectivity index (χ4v) is 4.10. The molecule has 0 saturated carbocycles. The van der Waals surface area contributed by atoms with E-state index < -0.39 is 0 Å². The van der Waals surface area contributed by atoms with Crippen LogP contribution in [-0.2, 0) is 11.2 Å². The molecule has 2 heterocycles. The summed E-state index contributed by atoms with van der Waals surface area (Å²) in [6, 6.07) is 24.1. The van der Waals surface area contributed by atoms with Gasteiger partial charge in [-0.25, -0.2) is 9.37 Å². The number of hydrogen-bond donors (Lipinski definition) is 1. The molecule has 0 fully saturated rings. The molecule has 0 aliphatic heterocycles. The molecule has 0 radical (unpaired) electrons. The monoisotopic (exact) mass is 438 g/mol. The Labute approximate surface area is 191 Å². The summed E-state index contributed by atoms with van der Waals surface area (Å²) in [5.41, 5.74) is 5.45. The first kappa shape index (κ1) is 20.9. The van der Waals surface area contributed by atoms with Crippen LogP contribution >= 0.6 is 0 Å². The van der Waals surface area contributed by atoms with Gasteiger partial charge in [0.1, 0.15) is 11.6 Å².